The van der Waals surface area contributed by atoms with E-state index in [0.717, 1.165) is 32.1 Å². The normalized spacial score (nSPS) is 14.0. The summed E-state index contributed by atoms with van der Waals surface area (Å²) in [4.78, 5) is 26.9. The van der Waals surface area contributed by atoms with Crippen molar-refractivity contribution in [2.45, 2.75) is 84.1 Å². The van der Waals surface area contributed by atoms with E-state index in [1.165, 1.54) is 42.5 Å². The van der Waals surface area contributed by atoms with Crippen LogP contribution in [-0.4, -0.2) is 9.55 Å². The topological polar surface area (TPSA) is 54.9 Å². The van der Waals surface area contributed by atoms with Gasteiger partial charge >= 0.3 is 5.69 Å². The van der Waals surface area contributed by atoms with Crippen LogP contribution in [0.25, 0.3) is 0 Å². The zero-order valence-electron chi connectivity index (χ0n) is 13.8. The Morgan fingerprint density at radius 2 is 1.62 bits per heavy atom. The maximum atomic E-state index is 12.1. The van der Waals surface area contributed by atoms with Gasteiger partial charge in [-0.1, -0.05) is 58.8 Å². The number of nitrogens with one attached hydrogen (secondary N) is 1. The summed E-state index contributed by atoms with van der Waals surface area (Å²) in [5, 5.41) is 0. The van der Waals surface area contributed by atoms with Crippen molar-refractivity contribution in [2.24, 2.45) is 0 Å². The lowest BCUT2D eigenvalue weighted by atomic mass is 9.88. The zero-order valence-corrected chi connectivity index (χ0v) is 13.8. The van der Waals surface area contributed by atoms with E-state index in [4.69, 9.17) is 0 Å². The minimum absolute atomic E-state index is 0.189. The smallest absolute Gasteiger partial charge is 0.314 e. The summed E-state index contributed by atoms with van der Waals surface area (Å²) in [5.74, 6) is 0. The fourth-order valence-electron chi connectivity index (χ4n) is 2.95. The fraction of sp³-hybridized carbons (Fsp3) is 0.765. The molecule has 4 nitrogen and oxygen atoms in total. The molecule has 0 aliphatic heterocycles. The molecule has 1 unspecified atom stereocenters. The highest BCUT2D eigenvalue weighted by Crippen LogP contribution is 2.27. The van der Waals surface area contributed by atoms with Crippen LogP contribution in [0, 0.1) is 0 Å². The summed E-state index contributed by atoms with van der Waals surface area (Å²) in [6.45, 7) is 6.40. The number of unbranched alkanes of at least 4 members (excludes halogenated alkanes) is 5. The molecule has 0 saturated carbocycles. The predicted molar refractivity (Wildman–Crippen MR) is 87.9 cm³/mol. The van der Waals surface area contributed by atoms with Gasteiger partial charge in [0.2, 0.25) is 0 Å². The third-order valence-corrected chi connectivity index (χ3v) is 4.28. The van der Waals surface area contributed by atoms with Crippen molar-refractivity contribution >= 4 is 0 Å². The van der Waals surface area contributed by atoms with Gasteiger partial charge in [0.15, 0.2) is 0 Å². The first kappa shape index (κ1) is 17.7. The second kappa shape index (κ2) is 8.85. The van der Waals surface area contributed by atoms with Gasteiger partial charge in [0, 0.05) is 17.8 Å². The Balaban J connectivity index is 2.87. The third-order valence-electron chi connectivity index (χ3n) is 4.28. The van der Waals surface area contributed by atoms with Crippen LogP contribution in [0.5, 0.6) is 0 Å². The summed E-state index contributed by atoms with van der Waals surface area (Å²) in [6.07, 6.45) is 11.3. The van der Waals surface area contributed by atoms with E-state index in [-0.39, 0.29) is 16.8 Å². The van der Waals surface area contributed by atoms with Gasteiger partial charge in [-0.15, -0.1) is 0 Å². The summed E-state index contributed by atoms with van der Waals surface area (Å²) in [5.41, 5.74) is -0.839. The van der Waals surface area contributed by atoms with Gasteiger partial charge < -0.3 is 4.98 Å². The maximum absolute atomic E-state index is 12.1. The van der Waals surface area contributed by atoms with Crippen molar-refractivity contribution < 1.29 is 0 Å². The first-order valence-electron chi connectivity index (χ1n) is 8.36. The van der Waals surface area contributed by atoms with Crippen molar-refractivity contribution in [1.82, 2.24) is 9.55 Å². The van der Waals surface area contributed by atoms with Crippen molar-refractivity contribution in [3.8, 4) is 0 Å². The standard InChI is InChI=1S/C17H30N2O2/c1-4-6-8-9-10-13-17(3,12-7-5-2)19-15(20)11-14-18-16(19)21/h11,14H,4-10,12-13H2,1-3H3,(H,18,21). The highest BCUT2D eigenvalue weighted by molar-refractivity contribution is 4.92. The molecule has 21 heavy (non-hydrogen) atoms. The van der Waals surface area contributed by atoms with E-state index in [0.29, 0.717) is 0 Å². The molecule has 1 atom stereocenters. The van der Waals surface area contributed by atoms with E-state index in [2.05, 4.69) is 25.8 Å². The van der Waals surface area contributed by atoms with Gasteiger partial charge in [0.1, 0.15) is 0 Å². The Morgan fingerprint density at radius 1 is 1.00 bits per heavy atom. The highest BCUT2D eigenvalue weighted by Gasteiger charge is 2.28. The molecule has 1 N–H and O–H groups in total. The predicted octanol–water partition coefficient (Wildman–Crippen LogP) is 3.80. The van der Waals surface area contributed by atoms with Crippen LogP contribution in [0.1, 0.15) is 78.6 Å². The number of rotatable bonds is 10. The molecule has 0 aliphatic carbocycles. The Labute approximate surface area is 127 Å². The van der Waals surface area contributed by atoms with Gasteiger partial charge in [0.05, 0.1) is 0 Å². The lowest BCUT2D eigenvalue weighted by Crippen LogP contribution is -2.47. The number of aromatic nitrogens is 2. The monoisotopic (exact) mass is 294 g/mol. The largest absolute Gasteiger partial charge is 0.328 e. The Morgan fingerprint density at radius 3 is 2.24 bits per heavy atom. The van der Waals surface area contributed by atoms with Crippen LogP contribution >= 0.6 is 0 Å². The van der Waals surface area contributed by atoms with E-state index in [1.54, 1.807) is 0 Å². The summed E-state index contributed by atoms with van der Waals surface area (Å²) in [6, 6.07) is 1.45. The van der Waals surface area contributed by atoms with Crippen molar-refractivity contribution in [3.63, 3.8) is 0 Å². The second-order valence-corrected chi connectivity index (χ2v) is 6.22. The van der Waals surface area contributed by atoms with Gasteiger partial charge in [0.25, 0.3) is 5.56 Å². The second-order valence-electron chi connectivity index (χ2n) is 6.22. The number of hydrogen-bond acceptors (Lipinski definition) is 2. The Bertz CT molecular complexity index is 490. The average Bonchev–Trinajstić information content (AvgIpc) is 2.45. The number of aromatic amines is 1. The molecule has 0 aromatic carbocycles. The van der Waals surface area contributed by atoms with E-state index >= 15 is 0 Å². The van der Waals surface area contributed by atoms with Crippen molar-refractivity contribution in [2.75, 3.05) is 0 Å². The molecule has 0 spiro atoms. The lowest BCUT2D eigenvalue weighted by Gasteiger charge is -2.31. The maximum Gasteiger partial charge on any atom is 0.328 e. The van der Waals surface area contributed by atoms with Crippen LogP contribution < -0.4 is 11.2 Å². The molecule has 0 radical (unpaired) electrons. The summed E-state index contributed by atoms with van der Waals surface area (Å²) < 4.78 is 1.43. The molecule has 0 fully saturated rings. The molecule has 1 aromatic rings. The molecular formula is C17H30N2O2. The molecule has 1 aromatic heterocycles. The number of H-pyrrole nitrogens is 1. The van der Waals surface area contributed by atoms with Gasteiger partial charge in [-0.3, -0.25) is 9.36 Å². The molecule has 0 saturated heterocycles. The molecule has 120 valence electrons. The quantitative estimate of drug-likeness (QED) is 0.667. The summed E-state index contributed by atoms with van der Waals surface area (Å²) >= 11 is 0. The van der Waals surface area contributed by atoms with E-state index < -0.39 is 0 Å². The van der Waals surface area contributed by atoms with Crippen LogP contribution in [0.15, 0.2) is 21.9 Å². The van der Waals surface area contributed by atoms with Gasteiger partial charge in [-0.05, 0) is 19.8 Å². The average molecular weight is 294 g/mol. The molecule has 0 bridgehead atoms. The Kier molecular flexibility index (Phi) is 7.48. The first-order chi connectivity index (χ1) is 10.0. The third kappa shape index (κ3) is 5.18. The fourth-order valence-corrected chi connectivity index (χ4v) is 2.95. The Hall–Kier alpha value is -1.32. The van der Waals surface area contributed by atoms with Crippen LogP contribution in [0.3, 0.4) is 0 Å². The van der Waals surface area contributed by atoms with E-state index in [9.17, 15) is 9.59 Å². The van der Waals surface area contributed by atoms with Crippen LogP contribution in [-0.2, 0) is 5.54 Å². The molecule has 0 amide bonds. The van der Waals surface area contributed by atoms with Crippen molar-refractivity contribution in [1.29, 1.82) is 0 Å². The van der Waals surface area contributed by atoms with Gasteiger partial charge in [-0.2, -0.15) is 0 Å². The molecule has 0 aliphatic rings. The molecule has 1 rings (SSSR count). The molecule has 4 heteroatoms. The van der Waals surface area contributed by atoms with Crippen molar-refractivity contribution in [3.05, 3.63) is 33.1 Å². The molecular weight excluding hydrogens is 264 g/mol. The highest BCUT2D eigenvalue weighted by atomic mass is 16.2. The lowest BCUT2D eigenvalue weighted by molar-refractivity contribution is 0.236. The summed E-state index contributed by atoms with van der Waals surface area (Å²) in [7, 11) is 0. The minimum atomic E-state index is -0.367. The van der Waals surface area contributed by atoms with Crippen LogP contribution in [0.4, 0.5) is 0 Å². The zero-order chi connectivity index (χ0) is 15.7. The number of hydrogen-bond donors (Lipinski definition) is 1. The first-order valence-corrected chi connectivity index (χ1v) is 8.36. The SMILES string of the molecule is CCCCCCCC(C)(CCCC)n1c(=O)cc[nH]c1=O. The number of nitrogens with zero attached hydrogens (tertiary/aromatic N) is 1. The minimum Gasteiger partial charge on any atom is -0.314 e. The van der Waals surface area contributed by atoms with Gasteiger partial charge in [-0.25, -0.2) is 4.79 Å². The van der Waals surface area contributed by atoms with E-state index in [1.807, 2.05) is 0 Å². The molecule has 1 heterocycles. The van der Waals surface area contributed by atoms with Crippen LogP contribution in [0.2, 0.25) is 0 Å².